The second-order valence-electron chi connectivity index (χ2n) is 31.5. The molecule has 1 aliphatic carbocycles. The molecule has 2 saturated heterocycles. The van der Waals surface area contributed by atoms with Gasteiger partial charge >= 0.3 is 88.7 Å². The fourth-order valence-electron chi connectivity index (χ4n) is 15.8. The zero-order chi connectivity index (χ0) is 85.0. The fourth-order valence-corrected chi connectivity index (χ4v) is 17.4. The Morgan fingerprint density at radius 3 is 1.98 bits per heavy atom. The number of fused-ring (bicyclic) bond motifs is 3. The molecule has 2 fully saturated rings. The van der Waals surface area contributed by atoms with Crippen LogP contribution in [0.15, 0.2) is 131 Å². The van der Waals surface area contributed by atoms with Crippen LogP contribution in [0.25, 0.3) is 0 Å². The number of nitriles is 1. The van der Waals surface area contributed by atoms with E-state index in [-0.39, 0.29) is 176 Å². The Hall–Kier alpha value is -5.50. The maximum atomic E-state index is 14.0. The Labute approximate surface area is 775 Å². The van der Waals surface area contributed by atoms with Crippen molar-refractivity contribution in [2.24, 2.45) is 5.92 Å². The molecule has 0 aromatic heterocycles. The normalized spacial score (nSPS) is 19.0. The van der Waals surface area contributed by atoms with E-state index in [9.17, 15) is 76.9 Å². The molecule has 5 aliphatic heterocycles. The molecule has 0 bridgehead atoms. The first-order chi connectivity index (χ1) is 56.1. The maximum absolute atomic E-state index is 14.0. The first-order valence-corrected chi connectivity index (χ1v) is 44.8. The summed E-state index contributed by atoms with van der Waals surface area (Å²) in [7, 11) is -13.7. The van der Waals surface area contributed by atoms with Crippen molar-refractivity contribution in [3.05, 3.63) is 165 Å². The predicted molar refractivity (Wildman–Crippen MR) is 430 cm³/mol. The number of allylic oxidation sites excluding steroid dienone is 7. The van der Waals surface area contributed by atoms with Gasteiger partial charge in [0, 0.05) is 117 Å². The zero-order valence-corrected chi connectivity index (χ0v) is 79.0. The van der Waals surface area contributed by atoms with Crippen LogP contribution < -0.4 is 109 Å². The van der Waals surface area contributed by atoms with Gasteiger partial charge in [-0.05, 0) is 160 Å². The summed E-state index contributed by atoms with van der Waals surface area (Å²) in [4.78, 5) is 69.4. The third-order valence-corrected chi connectivity index (χ3v) is 24.5. The van der Waals surface area contributed by atoms with Crippen LogP contribution in [0.1, 0.15) is 150 Å². The summed E-state index contributed by atoms with van der Waals surface area (Å²) in [6, 6.07) is 23.1. The van der Waals surface area contributed by atoms with Gasteiger partial charge in [0.15, 0.2) is 5.71 Å². The molecule has 36 heteroatoms. The standard InChI is InChI=1S/C85H109F2N7O21S3.3Na/c1-59-16-27-74-71(50-59)83(2,3)76(92(74)34-6-8-48-116(100,101)102)29-21-62-13-11-14-63(22-30-77-84(4,5)72-53-69(118(106,107)108)26-28-75(72)93(77)35-7-9-49-117(103,104)105)80(62)115-68-24-17-60(18-25-68)19-31-78(96)89-33-37-110-39-41-112-43-45-114-47-46-113-44-42-111-40-38-109-36-32-67(95)23-20-61-12-10-15-64-56-91(57-70(61)64)79(97)52-65-51-73(90-81(65)98)82(99)94-58-85(86,87)54-66(94)55-88;;;/h10,12,15-18,21-22,24-30,50,53,65-66,73H,6-9,11,13-14,19-20,23,31-49,51-52,54,56-58H2,1-5H3,(H4-,89,90,96,98,100,101,102,103,104,105,106,107,108);;;/q;3*+1/p-2/t65-,66-,73-;;;/m0.../s1. The number of carbonyl (C=O) groups is 5. The van der Waals surface area contributed by atoms with Crippen LogP contribution in [0, 0.1) is 24.2 Å². The molecule has 4 aromatic carbocycles. The van der Waals surface area contributed by atoms with E-state index in [1.807, 2.05) is 86.0 Å². The number of nitrogens with one attached hydrogen (secondary N) is 2. The van der Waals surface area contributed by atoms with Gasteiger partial charge in [0.1, 0.15) is 46.0 Å². The van der Waals surface area contributed by atoms with Crippen molar-refractivity contribution in [2.75, 3.05) is 122 Å². The van der Waals surface area contributed by atoms with Gasteiger partial charge in [-0.2, -0.15) is 9.84 Å². The minimum absolute atomic E-state index is 0. The van der Waals surface area contributed by atoms with Gasteiger partial charge in [0.05, 0.1) is 122 Å². The molecule has 0 radical (unpaired) electrons. The summed E-state index contributed by atoms with van der Waals surface area (Å²) in [6.45, 7) is 14.9. The molecule has 0 saturated carbocycles. The number of halogens is 2. The monoisotopic (exact) mass is 1760 g/mol. The Balaban J connectivity index is 0.00000672. The van der Waals surface area contributed by atoms with Crippen LogP contribution in [0.3, 0.4) is 0 Å². The summed E-state index contributed by atoms with van der Waals surface area (Å²) in [6.07, 6.45) is 11.8. The molecule has 10 rings (SSSR count). The van der Waals surface area contributed by atoms with Crippen molar-refractivity contribution >= 4 is 76.9 Å². The molecule has 6 aliphatic rings. The predicted octanol–water partition coefficient (Wildman–Crippen LogP) is -0.143. The topological polar surface area (TPSA) is 382 Å². The summed E-state index contributed by atoms with van der Waals surface area (Å²) in [5.41, 5.74) is 10.2. The number of Topliss-reactive ketones (excluding diaryl/α,β-unsaturated/α-hetero) is 1. The molecule has 3 atom stereocenters. The Morgan fingerprint density at radius 2 is 1.34 bits per heavy atom. The Morgan fingerprint density at radius 1 is 0.702 bits per heavy atom. The second kappa shape index (κ2) is 47.3. The molecule has 642 valence electrons. The van der Waals surface area contributed by atoms with Gasteiger partial charge in [-0.15, -0.1) is 0 Å². The number of likely N-dealkylation sites (tertiary alicyclic amines) is 1. The van der Waals surface area contributed by atoms with E-state index in [0.29, 0.717) is 154 Å². The number of unbranched alkanes of at least 4 members (excludes halogenated alkanes) is 2. The molecule has 121 heavy (non-hydrogen) atoms. The average Bonchev–Trinajstić information content (AvgIpc) is 1.59. The smallest absolute Gasteiger partial charge is 0.748 e. The van der Waals surface area contributed by atoms with E-state index in [1.165, 1.54) is 12.1 Å². The minimum Gasteiger partial charge on any atom is -0.748 e. The van der Waals surface area contributed by atoms with Gasteiger partial charge < -0.3 is 72.1 Å². The van der Waals surface area contributed by atoms with E-state index in [1.54, 1.807) is 17.0 Å². The van der Waals surface area contributed by atoms with Crippen molar-refractivity contribution in [1.82, 2.24) is 20.4 Å². The molecule has 0 spiro atoms. The summed E-state index contributed by atoms with van der Waals surface area (Å²) in [5, 5.41) is 14.8. The first-order valence-electron chi connectivity index (χ1n) is 40.2. The average molecular weight is 1770 g/mol. The molecule has 28 nitrogen and oxygen atoms in total. The summed E-state index contributed by atoms with van der Waals surface area (Å²) in [5.74, 6) is -5.57. The molecule has 5 heterocycles. The first kappa shape index (κ1) is 103. The van der Waals surface area contributed by atoms with Crippen LogP contribution >= 0.6 is 0 Å². The van der Waals surface area contributed by atoms with E-state index in [2.05, 4.69) is 53.7 Å². The third-order valence-electron chi connectivity index (χ3n) is 22.1. The Kier molecular flexibility index (Phi) is 40.1. The number of ketones is 1. The number of amides is 4. The van der Waals surface area contributed by atoms with Gasteiger partial charge in [-0.25, -0.2) is 34.0 Å². The van der Waals surface area contributed by atoms with Gasteiger partial charge in [-0.3, -0.25) is 24.0 Å². The quantitative estimate of drug-likeness (QED) is 0.0251. The molecule has 2 N–H and O–H groups in total. The van der Waals surface area contributed by atoms with Crippen molar-refractivity contribution in [2.45, 2.75) is 178 Å². The van der Waals surface area contributed by atoms with Crippen molar-refractivity contribution in [3.8, 4) is 11.8 Å². The molecule has 4 aromatic rings. The van der Waals surface area contributed by atoms with Crippen LogP contribution in [0.2, 0.25) is 0 Å². The summed E-state index contributed by atoms with van der Waals surface area (Å²) < 4.78 is 177. The number of anilines is 1. The number of rotatable bonds is 46. The second-order valence-corrected chi connectivity index (χ2v) is 36.0. The number of nitrogens with zero attached hydrogens (tertiary/aromatic N) is 5. The number of ether oxygens (including phenoxy) is 7. The number of benzene rings is 4. The van der Waals surface area contributed by atoms with E-state index < -0.39 is 101 Å². The number of aryl methyl sites for hydroxylation is 3. The van der Waals surface area contributed by atoms with Gasteiger partial charge in [0.2, 0.25) is 29.3 Å². The van der Waals surface area contributed by atoms with Crippen LogP contribution in [0.5, 0.6) is 5.75 Å². The van der Waals surface area contributed by atoms with Crippen LogP contribution in [-0.4, -0.2) is 223 Å². The number of hydrogen-bond donors (Lipinski definition) is 2. The van der Waals surface area contributed by atoms with Gasteiger partial charge in [0.25, 0.3) is 5.92 Å². The molecule has 0 unspecified atom stereocenters. The van der Waals surface area contributed by atoms with E-state index in [0.717, 1.165) is 72.9 Å². The number of alkyl halides is 2. The SMILES string of the molecule is Cc1ccc2c(c1)C(C)(C)C(=CC=C1CCCC(C=CC3=[N+](CCCCS(=O)(=O)[O-])c4ccc(S(=O)(=O)[O-])cc4C3(C)C)=C1Oc1ccc(CCC(=O)NCCOCCOCCOCCOCCOCCOCCC(=O)CCc3cccc4c3CN(C(=O)C[C@@H]3C[C@@H](C(=O)N5CC(F)(F)C[C@H]5C#N)NC3=O)C4)cc1)N2CCCCS(=O)(=O)[O-].[Na+].[Na+].[Na+]. The van der Waals surface area contributed by atoms with Crippen molar-refractivity contribution < 1.29 is 198 Å². The van der Waals surface area contributed by atoms with Crippen molar-refractivity contribution in [3.63, 3.8) is 0 Å². The van der Waals surface area contributed by atoms with Crippen LogP contribution in [0.4, 0.5) is 20.2 Å². The molecular weight excluding hydrogens is 1660 g/mol. The van der Waals surface area contributed by atoms with E-state index >= 15 is 0 Å². The zero-order valence-electron chi connectivity index (χ0n) is 70.6. The van der Waals surface area contributed by atoms with Crippen LogP contribution in [-0.2, 0) is 120 Å². The number of carbonyl (C=O) groups excluding carboxylic acids is 5. The maximum Gasteiger partial charge on any atom is 1.00 e. The number of hydrogen-bond acceptors (Lipinski definition) is 23. The van der Waals surface area contributed by atoms with Gasteiger partial charge in [-0.1, -0.05) is 68.0 Å². The van der Waals surface area contributed by atoms with Crippen molar-refractivity contribution in [1.29, 1.82) is 5.26 Å². The largest absolute Gasteiger partial charge is 1.00 e. The van der Waals surface area contributed by atoms with E-state index in [4.69, 9.17) is 33.2 Å². The fraction of sp³-hybridized carbons (Fsp3) is 0.541. The third kappa shape index (κ3) is 29.8. The molecular formula is C85H107F2N7Na3O21S3+. The Bertz CT molecular complexity index is 4870. The summed E-state index contributed by atoms with van der Waals surface area (Å²) >= 11 is 0. The minimum atomic E-state index is -4.82. The molecule has 4 amide bonds.